The van der Waals surface area contributed by atoms with Crippen LogP contribution in [0.15, 0.2) is 76.8 Å². The summed E-state index contributed by atoms with van der Waals surface area (Å²) in [5.74, 6) is 0.283. The minimum Gasteiger partial charge on any atom is -0.444 e. The molecule has 0 spiro atoms. The third kappa shape index (κ3) is 4.39. The first-order valence-corrected chi connectivity index (χ1v) is 10.3. The number of nitrogens with zero attached hydrogens (tertiary/aromatic N) is 4. The van der Waals surface area contributed by atoms with Gasteiger partial charge < -0.3 is 19.1 Å². The summed E-state index contributed by atoms with van der Waals surface area (Å²) in [4.78, 5) is 38.5. The van der Waals surface area contributed by atoms with Gasteiger partial charge in [-0.05, 0) is 6.92 Å². The van der Waals surface area contributed by atoms with E-state index in [9.17, 15) is 9.59 Å². The van der Waals surface area contributed by atoms with Crippen molar-refractivity contribution < 1.29 is 18.8 Å². The summed E-state index contributed by atoms with van der Waals surface area (Å²) in [5.41, 5.74) is 2.07. The first kappa shape index (κ1) is 21.3. The van der Waals surface area contributed by atoms with E-state index >= 15 is 0 Å². The van der Waals surface area contributed by atoms with E-state index in [2.05, 4.69) is 15.0 Å². The third-order valence-corrected chi connectivity index (χ3v) is 5.46. The van der Waals surface area contributed by atoms with Crippen molar-refractivity contribution in [3.63, 3.8) is 0 Å². The topological polar surface area (TPSA) is 88.2 Å². The van der Waals surface area contributed by atoms with E-state index < -0.39 is 11.7 Å². The molecule has 0 saturated carbocycles. The number of oxazole rings is 1. The number of hydrogen-bond acceptors (Lipinski definition) is 6. The van der Waals surface area contributed by atoms with Crippen LogP contribution in [0.2, 0.25) is 0 Å². The van der Waals surface area contributed by atoms with E-state index in [-0.39, 0.29) is 6.04 Å². The minimum atomic E-state index is -0.525. The Kier molecular flexibility index (Phi) is 6.30. The van der Waals surface area contributed by atoms with Gasteiger partial charge in [-0.15, -0.1) is 0 Å². The van der Waals surface area contributed by atoms with Gasteiger partial charge in [-0.3, -0.25) is 9.59 Å². The zero-order chi connectivity index (χ0) is 22.5. The Hall–Kier alpha value is -3.94. The smallest absolute Gasteiger partial charge is 0.295 e. The summed E-state index contributed by atoms with van der Waals surface area (Å²) in [6.45, 7) is 3.43. The van der Waals surface area contributed by atoms with Crippen LogP contribution in [0.1, 0.15) is 22.8 Å². The van der Waals surface area contributed by atoms with Crippen LogP contribution < -0.4 is 0 Å². The van der Waals surface area contributed by atoms with E-state index in [1.807, 2.05) is 37.3 Å². The lowest BCUT2D eigenvalue weighted by Gasteiger charge is -2.40. The summed E-state index contributed by atoms with van der Waals surface area (Å²) >= 11 is 0. The molecule has 1 aliphatic heterocycles. The van der Waals surface area contributed by atoms with E-state index in [0.717, 1.165) is 11.1 Å². The Labute approximate surface area is 186 Å². The molecule has 8 heteroatoms. The van der Waals surface area contributed by atoms with Gasteiger partial charge in [0.15, 0.2) is 18.0 Å². The molecule has 2 aromatic carbocycles. The zero-order valence-corrected chi connectivity index (χ0v) is 18.0. The van der Waals surface area contributed by atoms with Crippen molar-refractivity contribution in [2.45, 2.75) is 13.0 Å². The van der Waals surface area contributed by atoms with Crippen LogP contribution in [0, 0.1) is 0 Å². The quantitative estimate of drug-likeness (QED) is 0.202. The molecular weight excluding hydrogens is 408 g/mol. The van der Waals surface area contributed by atoms with Crippen molar-refractivity contribution in [2.24, 2.45) is 5.16 Å². The van der Waals surface area contributed by atoms with Crippen molar-refractivity contribution in [3.8, 4) is 11.3 Å². The summed E-state index contributed by atoms with van der Waals surface area (Å²) in [7, 11) is 1.51. The Balaban J connectivity index is 1.44. The number of amidine groups is 1. The first-order chi connectivity index (χ1) is 15.6. The largest absolute Gasteiger partial charge is 0.444 e. The highest BCUT2D eigenvalue weighted by atomic mass is 16.6. The predicted octanol–water partition coefficient (Wildman–Crippen LogP) is 3.07. The van der Waals surface area contributed by atoms with Crippen LogP contribution in [0.5, 0.6) is 0 Å². The van der Waals surface area contributed by atoms with E-state index in [1.165, 1.54) is 13.5 Å². The van der Waals surface area contributed by atoms with Crippen molar-refractivity contribution in [1.82, 2.24) is 14.8 Å². The summed E-state index contributed by atoms with van der Waals surface area (Å²) in [6, 6.07) is 16.3. The first-order valence-electron chi connectivity index (χ1n) is 10.3. The second-order valence-corrected chi connectivity index (χ2v) is 7.53. The number of Topliss-reactive ketones (excluding diaryl/α,β-unsaturated/α-hetero) is 1. The number of rotatable bonds is 5. The molecule has 2 heterocycles. The average Bonchev–Trinajstić information content (AvgIpc) is 3.37. The molecule has 164 valence electrons. The van der Waals surface area contributed by atoms with Gasteiger partial charge in [0.05, 0.1) is 6.20 Å². The molecule has 0 unspecified atom stereocenters. The van der Waals surface area contributed by atoms with Crippen LogP contribution in [0.25, 0.3) is 11.3 Å². The van der Waals surface area contributed by atoms with Gasteiger partial charge in [-0.1, -0.05) is 59.8 Å². The number of carbonyl (C=O) groups excluding carboxylic acids is 2. The maximum Gasteiger partial charge on any atom is 0.295 e. The van der Waals surface area contributed by atoms with Crippen LogP contribution in [0.3, 0.4) is 0 Å². The summed E-state index contributed by atoms with van der Waals surface area (Å²) in [5, 5.41) is 4.19. The fraction of sp³-hybridized carbons (Fsp3) is 0.250. The average molecular weight is 432 g/mol. The third-order valence-electron chi connectivity index (χ3n) is 5.46. The van der Waals surface area contributed by atoms with Crippen molar-refractivity contribution in [3.05, 3.63) is 78.3 Å². The van der Waals surface area contributed by atoms with Gasteiger partial charge in [0.1, 0.15) is 7.11 Å². The monoisotopic (exact) mass is 432 g/mol. The molecule has 0 bridgehead atoms. The molecule has 8 nitrogen and oxygen atoms in total. The number of amides is 1. The molecule has 1 saturated heterocycles. The molecular formula is C24H24N4O4. The molecule has 0 N–H and O–H groups in total. The molecule has 1 atom stereocenters. The lowest BCUT2D eigenvalue weighted by molar-refractivity contribution is -0.130. The SMILES string of the molecule is CO/N=C(\c1ccccc1)N1CCN(C(=O)C(=O)c2ccc(-c3cnco3)cc2)[C@H](C)C1. The molecule has 0 aliphatic carbocycles. The normalized spacial score (nSPS) is 16.7. The molecule has 1 aliphatic rings. The lowest BCUT2D eigenvalue weighted by Crippen LogP contribution is -2.57. The number of oxime groups is 1. The van der Waals surface area contributed by atoms with Gasteiger partial charge >= 0.3 is 0 Å². The highest BCUT2D eigenvalue weighted by Crippen LogP contribution is 2.20. The number of ketones is 1. The highest BCUT2D eigenvalue weighted by Gasteiger charge is 2.33. The van der Waals surface area contributed by atoms with Crippen LogP contribution >= 0.6 is 0 Å². The predicted molar refractivity (Wildman–Crippen MR) is 119 cm³/mol. The van der Waals surface area contributed by atoms with Gasteiger partial charge in [-0.25, -0.2) is 4.98 Å². The van der Waals surface area contributed by atoms with Crippen LogP contribution in [-0.2, 0) is 9.63 Å². The second-order valence-electron chi connectivity index (χ2n) is 7.53. The van der Waals surface area contributed by atoms with E-state index in [1.54, 1.807) is 35.4 Å². The van der Waals surface area contributed by atoms with Crippen molar-refractivity contribution in [1.29, 1.82) is 0 Å². The van der Waals surface area contributed by atoms with Gasteiger partial charge in [0.2, 0.25) is 5.78 Å². The highest BCUT2D eigenvalue weighted by molar-refractivity contribution is 6.42. The standard InChI is InChI=1S/C24H24N4O4/c1-17-15-27(23(26-31-2)20-6-4-3-5-7-20)12-13-28(17)24(30)22(29)19-10-8-18(9-11-19)21-14-25-16-32-21/h3-11,14,16-17H,12-13,15H2,1-2H3/b26-23+/t17-/m1/s1. The molecule has 4 rings (SSSR count). The number of benzene rings is 2. The number of hydrogen-bond donors (Lipinski definition) is 0. The molecule has 1 aromatic heterocycles. The van der Waals surface area contributed by atoms with E-state index in [4.69, 9.17) is 9.25 Å². The van der Waals surface area contributed by atoms with Crippen molar-refractivity contribution >= 4 is 17.5 Å². The van der Waals surface area contributed by atoms with Gasteiger partial charge in [0.25, 0.3) is 5.91 Å². The summed E-state index contributed by atoms with van der Waals surface area (Å²) < 4.78 is 5.26. The zero-order valence-electron chi connectivity index (χ0n) is 18.0. The Morgan fingerprint density at radius 1 is 1.06 bits per heavy atom. The fourth-order valence-corrected chi connectivity index (χ4v) is 3.82. The Bertz CT molecular complexity index is 1090. The molecule has 1 amide bonds. The van der Waals surface area contributed by atoms with Crippen LogP contribution in [-0.4, -0.2) is 65.1 Å². The Morgan fingerprint density at radius 2 is 1.81 bits per heavy atom. The second kappa shape index (κ2) is 9.47. The number of aromatic nitrogens is 1. The molecule has 0 radical (unpaired) electrons. The molecule has 3 aromatic rings. The Morgan fingerprint density at radius 3 is 2.44 bits per heavy atom. The van der Waals surface area contributed by atoms with Crippen molar-refractivity contribution in [2.75, 3.05) is 26.7 Å². The fourth-order valence-electron chi connectivity index (χ4n) is 3.82. The summed E-state index contributed by atoms with van der Waals surface area (Å²) in [6.07, 6.45) is 2.94. The number of carbonyl (C=O) groups is 2. The minimum absolute atomic E-state index is 0.167. The van der Waals surface area contributed by atoms with Crippen LogP contribution in [0.4, 0.5) is 0 Å². The maximum absolute atomic E-state index is 13.0. The lowest BCUT2D eigenvalue weighted by atomic mass is 10.0. The van der Waals surface area contributed by atoms with E-state index in [0.29, 0.717) is 36.8 Å². The maximum atomic E-state index is 13.0. The number of piperazine rings is 1. The van der Waals surface area contributed by atoms with Gasteiger partial charge in [0, 0.05) is 42.4 Å². The molecule has 1 fully saturated rings. The van der Waals surface area contributed by atoms with Gasteiger partial charge in [-0.2, -0.15) is 0 Å². The molecule has 32 heavy (non-hydrogen) atoms.